The van der Waals surface area contributed by atoms with E-state index >= 15 is 0 Å². The molecule has 2 aromatic carbocycles. The smallest absolute Gasteiger partial charge is 0.329 e. The van der Waals surface area contributed by atoms with Gasteiger partial charge < -0.3 is 10.6 Å². The molecule has 2 N–H and O–H groups in total. The van der Waals surface area contributed by atoms with Gasteiger partial charge in [-0.1, -0.05) is 30.3 Å². The lowest BCUT2D eigenvalue weighted by atomic mass is 10.0. The van der Waals surface area contributed by atoms with Crippen molar-refractivity contribution in [1.29, 1.82) is 0 Å². The topological polar surface area (TPSA) is 60.5 Å². The predicted molar refractivity (Wildman–Crippen MR) is 127 cm³/mol. The van der Waals surface area contributed by atoms with Crippen LogP contribution in [-0.4, -0.2) is 30.1 Å². The minimum Gasteiger partial charge on any atom is -0.365 e. The molecule has 1 aromatic heterocycles. The highest BCUT2D eigenvalue weighted by Crippen LogP contribution is 2.37. The number of fused-ring (bicyclic) bond motifs is 1. The van der Waals surface area contributed by atoms with E-state index in [1.54, 1.807) is 17.2 Å². The monoisotopic (exact) mass is 443 g/mol. The van der Waals surface area contributed by atoms with Gasteiger partial charge in [-0.25, -0.2) is 14.2 Å². The van der Waals surface area contributed by atoms with Crippen molar-refractivity contribution in [2.75, 3.05) is 28.2 Å². The number of piperidine rings is 1. The van der Waals surface area contributed by atoms with Gasteiger partial charge >= 0.3 is 6.03 Å². The Labute approximate surface area is 193 Å². The number of para-hydroxylation sites is 1. The number of aryl methyl sites for hydroxylation is 1. The third-order valence-electron chi connectivity index (χ3n) is 6.29. The van der Waals surface area contributed by atoms with Gasteiger partial charge in [-0.2, -0.15) is 0 Å². The zero-order valence-electron chi connectivity index (χ0n) is 18.6. The molecule has 3 aromatic rings. The maximum absolute atomic E-state index is 14.8. The summed E-state index contributed by atoms with van der Waals surface area (Å²) in [6, 6.07) is 18.4. The summed E-state index contributed by atoms with van der Waals surface area (Å²) in [6.07, 6.45) is 3.48. The second-order valence-corrected chi connectivity index (χ2v) is 8.50. The lowest BCUT2D eigenvalue weighted by Gasteiger charge is -2.43. The largest absolute Gasteiger partial charge is 0.365 e. The summed E-state index contributed by atoms with van der Waals surface area (Å²) < 4.78 is 14.8. The average Bonchev–Trinajstić information content (AvgIpc) is 2.84. The minimum absolute atomic E-state index is 0.0414. The van der Waals surface area contributed by atoms with E-state index in [2.05, 4.69) is 27.8 Å². The fraction of sp³-hybridized carbons (Fsp3) is 0.308. The average molecular weight is 444 g/mol. The van der Waals surface area contributed by atoms with E-state index in [-0.39, 0.29) is 24.4 Å². The molecule has 3 heterocycles. The van der Waals surface area contributed by atoms with Crippen LogP contribution in [0.25, 0.3) is 0 Å². The summed E-state index contributed by atoms with van der Waals surface area (Å²) in [6.45, 7) is 4.37. The van der Waals surface area contributed by atoms with Gasteiger partial charge in [-0.05, 0) is 56.6 Å². The number of hydrogen-bond acceptors (Lipinski definition) is 4. The normalized spacial score (nSPS) is 16.4. The molecule has 2 aliphatic rings. The number of aromatic nitrogens is 1. The number of halogens is 1. The molecule has 0 saturated carbocycles. The Morgan fingerprint density at radius 1 is 1.24 bits per heavy atom. The highest BCUT2D eigenvalue weighted by molar-refractivity contribution is 6.07. The zero-order valence-corrected chi connectivity index (χ0v) is 18.6. The molecule has 0 unspecified atom stereocenters. The van der Waals surface area contributed by atoms with E-state index in [0.29, 0.717) is 18.1 Å². The minimum atomic E-state index is -0.390. The van der Waals surface area contributed by atoms with E-state index in [0.717, 1.165) is 48.3 Å². The molecule has 33 heavy (non-hydrogen) atoms. The quantitative estimate of drug-likeness (QED) is 0.612. The molecule has 0 aliphatic carbocycles. The number of rotatable bonds is 5. The van der Waals surface area contributed by atoms with Crippen molar-refractivity contribution in [2.45, 2.75) is 38.9 Å². The van der Waals surface area contributed by atoms with Crippen molar-refractivity contribution >= 4 is 23.2 Å². The van der Waals surface area contributed by atoms with Gasteiger partial charge in [0.15, 0.2) is 0 Å². The maximum atomic E-state index is 14.8. The van der Waals surface area contributed by atoms with E-state index in [1.807, 2.05) is 42.2 Å². The highest BCUT2D eigenvalue weighted by Gasteiger charge is 2.38. The number of pyridine rings is 1. The summed E-state index contributed by atoms with van der Waals surface area (Å²) in [5.41, 5.74) is 3.80. The van der Waals surface area contributed by atoms with Crippen LogP contribution in [0.2, 0.25) is 0 Å². The third kappa shape index (κ3) is 4.22. The number of nitrogens with zero attached hydrogens (tertiary/aromatic N) is 3. The predicted octanol–water partition coefficient (Wildman–Crippen LogP) is 4.44. The Bertz CT molecular complexity index is 1130. The van der Waals surface area contributed by atoms with Gasteiger partial charge in [0.2, 0.25) is 0 Å². The first kappa shape index (κ1) is 21.2. The van der Waals surface area contributed by atoms with Crippen LogP contribution in [0.3, 0.4) is 0 Å². The van der Waals surface area contributed by atoms with Gasteiger partial charge in [0, 0.05) is 36.0 Å². The molecule has 168 valence electrons. The molecule has 0 atom stereocenters. The summed E-state index contributed by atoms with van der Waals surface area (Å²) in [4.78, 5) is 21.8. The number of anilines is 3. The molecule has 0 bridgehead atoms. The van der Waals surface area contributed by atoms with E-state index in [1.165, 1.54) is 6.07 Å². The molecule has 1 fully saturated rings. The zero-order chi connectivity index (χ0) is 22.8. The first-order valence-corrected chi connectivity index (χ1v) is 11.3. The number of benzene rings is 1. The van der Waals surface area contributed by atoms with Crippen molar-refractivity contribution in [1.82, 2.24) is 10.3 Å². The van der Waals surface area contributed by atoms with Crippen molar-refractivity contribution < 1.29 is 9.18 Å². The SMILES string of the molecule is Cc1cccc(F)c1N1Cc2cnc(NCc3c#cccc3)cc2N(C2CCNCC2)C1=O. The standard InChI is InChI=1S/C26H26FN5O/c1-18-6-5-9-22(27)25(18)31-17-20-16-30-24(29-15-19-7-3-2-4-8-19)14-23(20)32(26(31)33)21-10-12-28-13-11-21/h2-3,5-7,9,14,16,21,28H,10-13,15,17H2,1H3,(H,29,30). The Kier molecular flexibility index (Phi) is 5.84. The fourth-order valence-corrected chi connectivity index (χ4v) is 4.62. The molecule has 0 spiro atoms. The Balaban J connectivity index is 1.50. The van der Waals surface area contributed by atoms with Gasteiger partial charge in [-0.3, -0.25) is 9.80 Å². The van der Waals surface area contributed by atoms with Crippen LogP contribution < -0.4 is 20.4 Å². The number of carbonyl (C=O) groups excluding carboxylic acids is 1. The lowest BCUT2D eigenvalue weighted by Crippen LogP contribution is -2.54. The summed E-state index contributed by atoms with van der Waals surface area (Å²) in [5, 5.41) is 6.69. The van der Waals surface area contributed by atoms with Crippen LogP contribution in [0.4, 0.5) is 26.4 Å². The lowest BCUT2D eigenvalue weighted by molar-refractivity contribution is 0.245. The maximum Gasteiger partial charge on any atom is 0.329 e. The second-order valence-electron chi connectivity index (χ2n) is 8.50. The summed E-state index contributed by atoms with van der Waals surface area (Å²) in [7, 11) is 0. The van der Waals surface area contributed by atoms with E-state index in [4.69, 9.17) is 0 Å². The molecule has 7 heteroatoms. The molecule has 2 amide bonds. The Hall–Kier alpha value is -3.63. The molecule has 1 saturated heterocycles. The van der Waals surface area contributed by atoms with Gasteiger partial charge in [0.1, 0.15) is 11.6 Å². The first-order chi connectivity index (χ1) is 16.1. The van der Waals surface area contributed by atoms with Crippen LogP contribution in [0.15, 0.2) is 48.7 Å². The second kappa shape index (κ2) is 9.08. The van der Waals surface area contributed by atoms with E-state index < -0.39 is 0 Å². The molecule has 0 radical (unpaired) electrons. The molecular formula is C26H26FN5O. The fourth-order valence-electron chi connectivity index (χ4n) is 4.62. The number of carbonyl (C=O) groups is 1. The number of urea groups is 1. The highest BCUT2D eigenvalue weighted by atomic mass is 19.1. The van der Waals surface area contributed by atoms with Crippen LogP contribution in [-0.2, 0) is 13.1 Å². The Morgan fingerprint density at radius 3 is 2.85 bits per heavy atom. The van der Waals surface area contributed by atoms with Gasteiger partial charge in [0.25, 0.3) is 0 Å². The molecule has 5 rings (SSSR count). The summed E-state index contributed by atoms with van der Waals surface area (Å²) in [5.74, 6) is 0.299. The first-order valence-electron chi connectivity index (χ1n) is 11.3. The van der Waals surface area contributed by atoms with Crippen LogP contribution in [0.5, 0.6) is 0 Å². The molecular weight excluding hydrogens is 417 g/mol. The van der Waals surface area contributed by atoms with E-state index in [9.17, 15) is 9.18 Å². The van der Waals surface area contributed by atoms with Crippen LogP contribution >= 0.6 is 0 Å². The number of hydrogen-bond donors (Lipinski definition) is 2. The van der Waals surface area contributed by atoms with Crippen LogP contribution in [0.1, 0.15) is 29.5 Å². The third-order valence-corrected chi connectivity index (χ3v) is 6.29. The van der Waals surface area contributed by atoms with Crippen molar-refractivity contribution in [3.05, 3.63) is 83.3 Å². The number of amides is 2. The molecule has 6 nitrogen and oxygen atoms in total. The van der Waals surface area contributed by atoms with Crippen LogP contribution in [0, 0.1) is 24.9 Å². The molecule has 2 aliphatic heterocycles. The Morgan fingerprint density at radius 2 is 2.09 bits per heavy atom. The van der Waals surface area contributed by atoms with Crippen molar-refractivity contribution in [3.63, 3.8) is 0 Å². The van der Waals surface area contributed by atoms with Gasteiger partial charge in [-0.15, -0.1) is 0 Å². The van der Waals surface area contributed by atoms with Gasteiger partial charge in [0.05, 0.1) is 17.9 Å². The number of nitrogens with one attached hydrogen (secondary N) is 2. The van der Waals surface area contributed by atoms with Crippen molar-refractivity contribution in [2.24, 2.45) is 0 Å². The summed E-state index contributed by atoms with van der Waals surface area (Å²) >= 11 is 0. The van der Waals surface area contributed by atoms with Crippen molar-refractivity contribution in [3.8, 4) is 0 Å².